The summed E-state index contributed by atoms with van der Waals surface area (Å²) in [6.45, 7) is 1.23. The highest BCUT2D eigenvalue weighted by Crippen LogP contribution is 2.32. The van der Waals surface area contributed by atoms with Crippen LogP contribution in [0, 0.1) is 11.8 Å². The quantitative estimate of drug-likeness (QED) is 0.202. The van der Waals surface area contributed by atoms with Crippen molar-refractivity contribution in [2.24, 2.45) is 11.5 Å². The van der Waals surface area contributed by atoms with Gasteiger partial charge in [-0.3, -0.25) is 0 Å². The second kappa shape index (κ2) is 10.4. The molecule has 6 aromatic rings. The summed E-state index contributed by atoms with van der Waals surface area (Å²) in [6.07, 6.45) is 1.67. The predicted molar refractivity (Wildman–Crippen MR) is 159 cm³/mol. The number of fused-ring (bicyclic) bond motifs is 2. The fourth-order valence-electron chi connectivity index (χ4n) is 5.29. The van der Waals surface area contributed by atoms with Crippen LogP contribution in [0.25, 0.3) is 44.3 Å². The van der Waals surface area contributed by atoms with Crippen LogP contribution in [-0.4, -0.2) is 23.1 Å². The van der Waals surface area contributed by atoms with Gasteiger partial charge in [0.05, 0.1) is 0 Å². The van der Waals surface area contributed by atoms with Gasteiger partial charge in [-0.25, -0.2) is 0 Å². The molecule has 186 valence electrons. The van der Waals surface area contributed by atoms with Crippen molar-refractivity contribution in [3.8, 4) is 34.4 Å². The minimum absolute atomic E-state index is 0.617. The summed E-state index contributed by atoms with van der Waals surface area (Å²) < 4.78 is 0. The maximum atomic E-state index is 5.92. The molecule has 0 aliphatic carbocycles. The molecular formula is C34H30N4. The molecule has 2 heterocycles. The van der Waals surface area contributed by atoms with Crippen molar-refractivity contribution in [2.75, 3.05) is 13.1 Å². The Morgan fingerprint density at radius 1 is 0.500 bits per heavy atom. The molecule has 4 nitrogen and oxygen atoms in total. The summed E-state index contributed by atoms with van der Waals surface area (Å²) in [5.41, 5.74) is 23.2. The zero-order valence-corrected chi connectivity index (χ0v) is 21.2. The summed E-state index contributed by atoms with van der Waals surface area (Å²) >= 11 is 0. The second-order valence-corrected chi connectivity index (χ2v) is 9.53. The number of nitrogens with one attached hydrogen (secondary N) is 2. The maximum absolute atomic E-state index is 5.92. The first-order valence-electron chi connectivity index (χ1n) is 13.1. The first-order chi connectivity index (χ1) is 18.7. The van der Waals surface area contributed by atoms with E-state index in [2.05, 4.69) is 119 Å². The van der Waals surface area contributed by atoms with Crippen LogP contribution in [0.2, 0.25) is 0 Å². The van der Waals surface area contributed by atoms with Crippen molar-refractivity contribution in [2.45, 2.75) is 12.8 Å². The summed E-state index contributed by atoms with van der Waals surface area (Å²) in [5.74, 6) is 6.63. The lowest BCUT2D eigenvalue weighted by Gasteiger charge is -2.05. The monoisotopic (exact) mass is 494 g/mol. The van der Waals surface area contributed by atoms with E-state index in [1.54, 1.807) is 0 Å². The zero-order chi connectivity index (χ0) is 25.9. The third-order valence-electron chi connectivity index (χ3n) is 7.11. The van der Waals surface area contributed by atoms with E-state index in [-0.39, 0.29) is 0 Å². The van der Waals surface area contributed by atoms with Crippen molar-refractivity contribution in [3.63, 3.8) is 0 Å². The van der Waals surface area contributed by atoms with E-state index in [9.17, 15) is 0 Å². The molecular weight excluding hydrogens is 464 g/mol. The van der Waals surface area contributed by atoms with Crippen LogP contribution in [0.1, 0.15) is 22.3 Å². The van der Waals surface area contributed by atoms with E-state index >= 15 is 0 Å². The molecule has 4 heteroatoms. The molecule has 0 saturated heterocycles. The molecule has 0 bridgehead atoms. The van der Waals surface area contributed by atoms with Gasteiger partial charge in [0.2, 0.25) is 0 Å². The minimum atomic E-state index is 0.617. The molecule has 0 atom stereocenters. The van der Waals surface area contributed by atoms with E-state index in [1.165, 1.54) is 21.9 Å². The third-order valence-corrected chi connectivity index (χ3v) is 7.11. The SMILES string of the molecule is NCCc1c(-c2ccc(C#Cc3ccc(-c4[nH]c5ccccc5c4CCN)cc3)cc2)[nH]c2ccccc12. The van der Waals surface area contributed by atoms with Gasteiger partial charge in [-0.1, -0.05) is 72.5 Å². The van der Waals surface area contributed by atoms with Gasteiger partial charge in [0, 0.05) is 44.3 Å². The van der Waals surface area contributed by atoms with Gasteiger partial charge in [-0.2, -0.15) is 0 Å². The molecule has 6 rings (SSSR count). The molecule has 0 fully saturated rings. The van der Waals surface area contributed by atoms with E-state index in [4.69, 9.17) is 11.5 Å². The average Bonchev–Trinajstić information content (AvgIpc) is 3.52. The van der Waals surface area contributed by atoms with Crippen LogP contribution in [0.15, 0.2) is 97.1 Å². The summed E-state index contributed by atoms with van der Waals surface area (Å²) in [7, 11) is 0. The molecule has 0 radical (unpaired) electrons. The fraction of sp³-hybridized carbons (Fsp3) is 0.118. The first kappa shape index (κ1) is 23.8. The Bertz CT molecular complexity index is 1640. The first-order valence-corrected chi connectivity index (χ1v) is 13.1. The predicted octanol–water partition coefficient (Wildman–Crippen LogP) is 6.39. The number of aromatic nitrogens is 2. The summed E-state index contributed by atoms with van der Waals surface area (Å²) in [5, 5.41) is 2.48. The summed E-state index contributed by atoms with van der Waals surface area (Å²) in [6, 6.07) is 33.6. The Morgan fingerprint density at radius 3 is 1.29 bits per heavy atom. The van der Waals surface area contributed by atoms with E-state index in [0.29, 0.717) is 13.1 Å². The van der Waals surface area contributed by atoms with Crippen molar-refractivity contribution in [3.05, 3.63) is 119 Å². The lowest BCUT2D eigenvalue weighted by molar-refractivity contribution is 0.978. The number of nitrogens with two attached hydrogens (primary N) is 2. The molecule has 0 aliphatic rings. The highest BCUT2D eigenvalue weighted by molar-refractivity contribution is 5.92. The molecule has 0 amide bonds. The maximum Gasteiger partial charge on any atom is 0.0497 e. The van der Waals surface area contributed by atoms with Crippen LogP contribution in [0.3, 0.4) is 0 Å². The number of benzene rings is 4. The number of hydrogen-bond acceptors (Lipinski definition) is 2. The van der Waals surface area contributed by atoms with E-state index in [0.717, 1.165) is 57.5 Å². The summed E-state index contributed by atoms with van der Waals surface area (Å²) in [4.78, 5) is 7.16. The Kier molecular flexibility index (Phi) is 6.54. The molecule has 6 N–H and O–H groups in total. The van der Waals surface area contributed by atoms with E-state index in [1.807, 2.05) is 0 Å². The van der Waals surface area contributed by atoms with Gasteiger partial charge in [-0.15, -0.1) is 0 Å². The van der Waals surface area contributed by atoms with Gasteiger partial charge in [0.15, 0.2) is 0 Å². The Labute approximate surface area is 222 Å². The molecule has 0 unspecified atom stereocenters. The largest absolute Gasteiger partial charge is 0.354 e. The lowest BCUT2D eigenvalue weighted by atomic mass is 10.0. The van der Waals surface area contributed by atoms with Gasteiger partial charge >= 0.3 is 0 Å². The molecule has 0 saturated carbocycles. The number of aromatic amines is 2. The van der Waals surface area contributed by atoms with Crippen LogP contribution < -0.4 is 11.5 Å². The van der Waals surface area contributed by atoms with Gasteiger partial charge in [0.1, 0.15) is 0 Å². The number of para-hydroxylation sites is 2. The van der Waals surface area contributed by atoms with Gasteiger partial charge < -0.3 is 21.4 Å². The average molecular weight is 495 g/mol. The highest BCUT2D eigenvalue weighted by Gasteiger charge is 2.13. The number of H-pyrrole nitrogens is 2. The standard InChI is InChI=1S/C34H30N4/c35-21-19-29-27-5-1-3-7-31(27)37-33(29)25-15-11-23(12-16-25)9-10-24-13-17-26(18-14-24)34-30(20-22-36)28-6-2-4-8-32(28)38-34/h1-8,11-18,37-38H,19-22,35-36H2. The smallest absolute Gasteiger partial charge is 0.0497 e. The minimum Gasteiger partial charge on any atom is -0.354 e. The molecule has 0 spiro atoms. The van der Waals surface area contributed by atoms with Crippen molar-refractivity contribution < 1.29 is 0 Å². The Morgan fingerprint density at radius 2 is 0.895 bits per heavy atom. The van der Waals surface area contributed by atoms with Gasteiger partial charge in [-0.05, 0) is 84.6 Å². The van der Waals surface area contributed by atoms with Gasteiger partial charge in [0.25, 0.3) is 0 Å². The lowest BCUT2D eigenvalue weighted by Crippen LogP contribution is -2.03. The van der Waals surface area contributed by atoms with Crippen molar-refractivity contribution in [1.29, 1.82) is 0 Å². The second-order valence-electron chi connectivity index (χ2n) is 9.53. The molecule has 2 aromatic heterocycles. The highest BCUT2D eigenvalue weighted by atomic mass is 14.7. The van der Waals surface area contributed by atoms with Crippen LogP contribution >= 0.6 is 0 Å². The third kappa shape index (κ3) is 4.50. The fourth-order valence-corrected chi connectivity index (χ4v) is 5.29. The molecule has 0 aliphatic heterocycles. The Balaban J connectivity index is 1.24. The number of hydrogen-bond donors (Lipinski definition) is 4. The molecule has 4 aromatic carbocycles. The molecule has 38 heavy (non-hydrogen) atoms. The zero-order valence-electron chi connectivity index (χ0n) is 21.2. The van der Waals surface area contributed by atoms with Crippen LogP contribution in [-0.2, 0) is 12.8 Å². The van der Waals surface area contributed by atoms with Crippen molar-refractivity contribution >= 4 is 21.8 Å². The van der Waals surface area contributed by atoms with Crippen molar-refractivity contribution in [1.82, 2.24) is 9.97 Å². The van der Waals surface area contributed by atoms with E-state index < -0.39 is 0 Å². The van der Waals surface area contributed by atoms with Crippen LogP contribution in [0.4, 0.5) is 0 Å². The number of rotatable bonds is 6. The topological polar surface area (TPSA) is 83.6 Å². The normalized spacial score (nSPS) is 11.1. The van der Waals surface area contributed by atoms with Crippen LogP contribution in [0.5, 0.6) is 0 Å². The Hall–Kier alpha value is -4.56.